The minimum absolute atomic E-state index is 0.0725. The SMILES string of the molecule is O=C1CCCC2=C1C(c1cccc(OCc3ccc(Cl)c(Cl)c3)c1)C1=C(CCCC1=O)O2. The van der Waals surface area contributed by atoms with Gasteiger partial charge in [0.15, 0.2) is 11.6 Å². The molecule has 32 heavy (non-hydrogen) atoms. The number of Topliss-reactive ketones (excluding diaryl/α,β-unsaturated/α-hetero) is 2. The van der Waals surface area contributed by atoms with Crippen molar-refractivity contribution in [1.82, 2.24) is 0 Å². The highest BCUT2D eigenvalue weighted by molar-refractivity contribution is 6.42. The van der Waals surface area contributed by atoms with Crippen molar-refractivity contribution < 1.29 is 19.1 Å². The molecule has 0 spiro atoms. The molecule has 0 atom stereocenters. The summed E-state index contributed by atoms with van der Waals surface area (Å²) in [5, 5.41) is 0.980. The molecule has 0 N–H and O–H groups in total. The number of rotatable bonds is 4. The van der Waals surface area contributed by atoms with Crippen molar-refractivity contribution >= 4 is 34.8 Å². The van der Waals surface area contributed by atoms with Crippen molar-refractivity contribution in [3.63, 3.8) is 0 Å². The van der Waals surface area contributed by atoms with Crippen LogP contribution in [0.25, 0.3) is 0 Å². The standard InChI is InChI=1S/C26H22Cl2O4/c27-18-11-10-15(12-19(18)28)14-31-17-5-1-4-16(13-17)24-25-20(29)6-2-8-22(25)32-23-9-3-7-21(30)26(23)24/h1,4-5,10-13,24H,2-3,6-9,14H2. The van der Waals surface area contributed by atoms with E-state index in [0.717, 1.165) is 48.3 Å². The van der Waals surface area contributed by atoms with E-state index >= 15 is 0 Å². The van der Waals surface area contributed by atoms with Crippen LogP contribution in [0.15, 0.2) is 65.1 Å². The molecule has 2 aliphatic carbocycles. The summed E-state index contributed by atoms with van der Waals surface area (Å²) in [6.45, 7) is 0.327. The monoisotopic (exact) mass is 468 g/mol. The number of benzene rings is 2. The molecule has 1 aliphatic heterocycles. The van der Waals surface area contributed by atoms with E-state index in [9.17, 15) is 9.59 Å². The van der Waals surface area contributed by atoms with Crippen molar-refractivity contribution in [2.75, 3.05) is 0 Å². The topological polar surface area (TPSA) is 52.6 Å². The first kappa shape index (κ1) is 21.3. The van der Waals surface area contributed by atoms with Crippen LogP contribution in [0.2, 0.25) is 10.0 Å². The molecular weight excluding hydrogens is 447 g/mol. The van der Waals surface area contributed by atoms with Gasteiger partial charge < -0.3 is 9.47 Å². The number of carbonyl (C=O) groups is 2. The second-order valence-electron chi connectivity index (χ2n) is 8.37. The Morgan fingerprint density at radius 1 is 0.844 bits per heavy atom. The fourth-order valence-corrected chi connectivity index (χ4v) is 5.05. The van der Waals surface area contributed by atoms with Gasteiger partial charge in [-0.3, -0.25) is 9.59 Å². The van der Waals surface area contributed by atoms with Crippen LogP contribution in [0.4, 0.5) is 0 Å². The lowest BCUT2D eigenvalue weighted by atomic mass is 9.73. The first-order valence-electron chi connectivity index (χ1n) is 10.9. The number of allylic oxidation sites excluding steroid dienone is 4. The molecule has 0 saturated carbocycles. The van der Waals surface area contributed by atoms with E-state index in [4.69, 9.17) is 32.7 Å². The third-order valence-electron chi connectivity index (χ3n) is 6.22. The van der Waals surface area contributed by atoms with Gasteiger partial charge in [-0.05, 0) is 48.2 Å². The lowest BCUT2D eigenvalue weighted by molar-refractivity contribution is -0.117. The van der Waals surface area contributed by atoms with Crippen LogP contribution in [-0.4, -0.2) is 11.6 Å². The maximum Gasteiger partial charge on any atom is 0.163 e. The average Bonchev–Trinajstić information content (AvgIpc) is 2.79. The van der Waals surface area contributed by atoms with Gasteiger partial charge in [0.2, 0.25) is 0 Å². The fraction of sp³-hybridized carbons (Fsp3) is 0.308. The van der Waals surface area contributed by atoms with Gasteiger partial charge in [-0.1, -0.05) is 41.4 Å². The second-order valence-corrected chi connectivity index (χ2v) is 9.19. The molecule has 164 valence electrons. The molecule has 0 unspecified atom stereocenters. The van der Waals surface area contributed by atoms with Crippen LogP contribution in [0.1, 0.15) is 55.6 Å². The Morgan fingerprint density at radius 2 is 1.53 bits per heavy atom. The summed E-state index contributed by atoms with van der Waals surface area (Å²) < 4.78 is 12.1. The zero-order valence-corrected chi connectivity index (χ0v) is 19.0. The van der Waals surface area contributed by atoms with Crippen molar-refractivity contribution in [2.45, 2.75) is 51.0 Å². The normalized spacial score (nSPS) is 18.9. The van der Waals surface area contributed by atoms with Crippen LogP contribution < -0.4 is 4.74 Å². The van der Waals surface area contributed by atoms with Gasteiger partial charge >= 0.3 is 0 Å². The van der Waals surface area contributed by atoms with Crippen LogP contribution >= 0.6 is 23.2 Å². The predicted molar refractivity (Wildman–Crippen MR) is 123 cm³/mol. The predicted octanol–water partition coefficient (Wildman–Crippen LogP) is 6.70. The van der Waals surface area contributed by atoms with Gasteiger partial charge in [-0.2, -0.15) is 0 Å². The summed E-state index contributed by atoms with van der Waals surface area (Å²) in [6, 6.07) is 13.0. The van der Waals surface area contributed by atoms with Gasteiger partial charge in [-0.25, -0.2) is 0 Å². The molecule has 0 radical (unpaired) electrons. The number of hydrogen-bond donors (Lipinski definition) is 0. The second kappa shape index (κ2) is 8.76. The largest absolute Gasteiger partial charge is 0.489 e. The van der Waals surface area contributed by atoms with Crippen molar-refractivity contribution in [3.05, 3.63) is 86.3 Å². The third-order valence-corrected chi connectivity index (χ3v) is 6.96. The molecule has 0 fully saturated rings. The van der Waals surface area contributed by atoms with E-state index in [1.54, 1.807) is 12.1 Å². The van der Waals surface area contributed by atoms with E-state index in [2.05, 4.69) is 0 Å². The zero-order chi connectivity index (χ0) is 22.2. The maximum atomic E-state index is 12.9. The summed E-state index contributed by atoms with van der Waals surface area (Å²) in [6.07, 6.45) is 4.01. The smallest absolute Gasteiger partial charge is 0.163 e. The quantitative estimate of drug-likeness (QED) is 0.500. The number of halogens is 2. The molecule has 2 aromatic rings. The summed E-state index contributed by atoms with van der Waals surface area (Å²) in [5.41, 5.74) is 3.07. The van der Waals surface area contributed by atoms with E-state index in [-0.39, 0.29) is 17.5 Å². The van der Waals surface area contributed by atoms with Gasteiger partial charge in [0.1, 0.15) is 23.9 Å². The highest BCUT2D eigenvalue weighted by atomic mass is 35.5. The minimum Gasteiger partial charge on any atom is -0.489 e. The van der Waals surface area contributed by atoms with Crippen LogP contribution in [-0.2, 0) is 20.9 Å². The minimum atomic E-state index is -0.386. The lowest BCUT2D eigenvalue weighted by Gasteiger charge is -2.36. The summed E-state index contributed by atoms with van der Waals surface area (Å²) >= 11 is 12.1. The van der Waals surface area contributed by atoms with Crippen LogP contribution in [0, 0.1) is 0 Å². The Bertz CT molecular complexity index is 1140. The number of carbonyl (C=O) groups excluding carboxylic acids is 2. The first-order valence-corrected chi connectivity index (χ1v) is 11.6. The van der Waals surface area contributed by atoms with Gasteiger partial charge in [0.05, 0.1) is 10.0 Å². The molecule has 0 aromatic heterocycles. The third kappa shape index (κ3) is 3.98. The highest BCUT2D eigenvalue weighted by Crippen LogP contribution is 2.48. The maximum absolute atomic E-state index is 12.9. The molecule has 4 nitrogen and oxygen atoms in total. The summed E-state index contributed by atoms with van der Waals surface area (Å²) in [5.74, 6) is 1.90. The molecule has 0 amide bonds. The molecule has 1 heterocycles. The Labute approximate surface area is 196 Å². The van der Waals surface area contributed by atoms with E-state index in [1.807, 2.05) is 30.3 Å². The summed E-state index contributed by atoms with van der Waals surface area (Å²) in [4.78, 5) is 25.8. The van der Waals surface area contributed by atoms with Crippen molar-refractivity contribution in [3.8, 4) is 5.75 Å². The lowest BCUT2D eigenvalue weighted by Crippen LogP contribution is -2.30. The molecular formula is C26H22Cl2O4. The number of ketones is 2. The highest BCUT2D eigenvalue weighted by Gasteiger charge is 2.41. The van der Waals surface area contributed by atoms with Crippen molar-refractivity contribution in [1.29, 1.82) is 0 Å². The number of ether oxygens (including phenoxy) is 2. The number of hydrogen-bond acceptors (Lipinski definition) is 4. The van der Waals surface area contributed by atoms with Gasteiger partial charge in [-0.15, -0.1) is 0 Å². The van der Waals surface area contributed by atoms with E-state index in [1.165, 1.54) is 0 Å². The van der Waals surface area contributed by atoms with Crippen LogP contribution in [0.5, 0.6) is 5.75 Å². The molecule has 5 rings (SSSR count). The summed E-state index contributed by atoms with van der Waals surface area (Å²) in [7, 11) is 0. The zero-order valence-electron chi connectivity index (χ0n) is 17.5. The Morgan fingerprint density at radius 3 is 2.19 bits per heavy atom. The van der Waals surface area contributed by atoms with Crippen LogP contribution in [0.3, 0.4) is 0 Å². The average molecular weight is 469 g/mol. The van der Waals surface area contributed by atoms with Crippen molar-refractivity contribution in [2.24, 2.45) is 0 Å². The first-order chi connectivity index (χ1) is 15.5. The molecule has 2 aromatic carbocycles. The Balaban J connectivity index is 1.49. The van der Waals surface area contributed by atoms with E-state index < -0.39 is 0 Å². The Hall–Kier alpha value is -2.56. The molecule has 3 aliphatic rings. The van der Waals surface area contributed by atoms with Gasteiger partial charge in [0, 0.05) is 42.7 Å². The van der Waals surface area contributed by atoms with Gasteiger partial charge in [0.25, 0.3) is 0 Å². The fourth-order valence-electron chi connectivity index (χ4n) is 4.73. The molecule has 0 bridgehead atoms. The van der Waals surface area contributed by atoms with E-state index in [0.29, 0.717) is 46.4 Å². The molecule has 0 saturated heterocycles. The molecule has 6 heteroatoms. The Kier molecular flexibility index (Phi) is 5.83.